The fourth-order valence-electron chi connectivity index (χ4n) is 3.26. The molecule has 0 aliphatic carbocycles. The molecular formula is C25H32F3NO8S2. The molecule has 9 nitrogen and oxygen atoms in total. The van der Waals surface area contributed by atoms with Gasteiger partial charge in [0.1, 0.15) is 11.4 Å². The van der Waals surface area contributed by atoms with Crippen LogP contribution in [0, 0.1) is 0 Å². The Labute approximate surface area is 229 Å². The highest BCUT2D eigenvalue weighted by Gasteiger charge is 2.48. The Hall–Kier alpha value is -2.84. The summed E-state index contributed by atoms with van der Waals surface area (Å²) < 4.78 is 82.4. The van der Waals surface area contributed by atoms with Crippen LogP contribution in [0.1, 0.15) is 56.5 Å². The highest BCUT2D eigenvalue weighted by molar-refractivity contribution is 7.88. The van der Waals surface area contributed by atoms with Gasteiger partial charge in [0, 0.05) is 22.9 Å². The van der Waals surface area contributed by atoms with E-state index in [-0.39, 0.29) is 31.2 Å². The number of alkyl carbamates (subject to hydrolysis) is 1. The lowest BCUT2D eigenvalue weighted by Gasteiger charge is -2.21. The van der Waals surface area contributed by atoms with Gasteiger partial charge in [0.15, 0.2) is 6.10 Å². The molecule has 1 aromatic heterocycles. The second-order valence-corrected chi connectivity index (χ2v) is 11.9. The van der Waals surface area contributed by atoms with E-state index in [9.17, 15) is 31.2 Å². The molecule has 0 aliphatic rings. The second-order valence-electron chi connectivity index (χ2n) is 9.42. The van der Waals surface area contributed by atoms with Crippen LogP contribution in [0.15, 0.2) is 35.7 Å². The number of nitrogens with one attached hydrogen (secondary N) is 1. The topological polar surface area (TPSA) is 117 Å². The van der Waals surface area contributed by atoms with Crippen LogP contribution in [0.3, 0.4) is 0 Å². The highest BCUT2D eigenvalue weighted by Crippen LogP contribution is 2.32. The SMILES string of the molecule is CCOC(=O)C(C)OCC(Cc1ccc(OS(=O)(=O)C(F)(F)F)c(CNC(=O)OC(C)(C)C)c1)c1cccs1. The molecule has 2 aromatic rings. The molecule has 0 radical (unpaired) electrons. The number of carbonyl (C=O) groups excluding carboxylic acids is 2. The summed E-state index contributed by atoms with van der Waals surface area (Å²) in [7, 11) is -5.95. The Bertz CT molecular complexity index is 1210. The van der Waals surface area contributed by atoms with Gasteiger partial charge in [-0.05, 0) is 64.1 Å². The maximum Gasteiger partial charge on any atom is 0.534 e. The standard InChI is InChI=1S/C25H32F3NO8S2/c1-6-34-22(30)16(2)35-15-19(21-8-7-11-38-21)13-17-9-10-20(37-39(32,33)25(26,27)28)18(12-17)14-29-23(31)36-24(3,4)5/h7-12,16,19H,6,13-15H2,1-5H3,(H,29,31). The zero-order chi connectivity index (χ0) is 29.4. The van der Waals surface area contributed by atoms with Gasteiger partial charge in [-0.25, -0.2) is 9.59 Å². The zero-order valence-corrected chi connectivity index (χ0v) is 23.8. The largest absolute Gasteiger partial charge is 0.534 e. The molecule has 1 heterocycles. The number of ether oxygens (including phenoxy) is 3. The van der Waals surface area contributed by atoms with Crippen molar-refractivity contribution in [3.63, 3.8) is 0 Å². The van der Waals surface area contributed by atoms with Crippen molar-refractivity contribution in [3.8, 4) is 5.75 Å². The number of thiophene rings is 1. The van der Waals surface area contributed by atoms with Gasteiger partial charge in [-0.3, -0.25) is 0 Å². The molecule has 0 saturated carbocycles. The lowest BCUT2D eigenvalue weighted by atomic mass is 9.96. The normalized spacial score (nSPS) is 13.8. The Kier molecular flexibility index (Phi) is 11.2. The van der Waals surface area contributed by atoms with Crippen molar-refractivity contribution in [2.45, 2.75) is 70.7 Å². The van der Waals surface area contributed by atoms with Crippen LogP contribution in [0.5, 0.6) is 5.75 Å². The predicted octanol–water partition coefficient (Wildman–Crippen LogP) is 5.30. The minimum absolute atomic E-state index is 0.0167. The molecule has 39 heavy (non-hydrogen) atoms. The molecule has 2 unspecified atom stereocenters. The van der Waals surface area contributed by atoms with Crippen LogP contribution in [-0.2, 0) is 42.1 Å². The Morgan fingerprint density at radius 3 is 2.38 bits per heavy atom. The van der Waals surface area contributed by atoms with Crippen LogP contribution in [0.4, 0.5) is 18.0 Å². The first kappa shape index (κ1) is 32.4. The van der Waals surface area contributed by atoms with Gasteiger partial charge < -0.3 is 23.7 Å². The minimum atomic E-state index is -5.95. The molecule has 0 aliphatic heterocycles. The Balaban J connectivity index is 2.32. The number of benzene rings is 1. The number of carbonyl (C=O) groups is 2. The van der Waals surface area contributed by atoms with Gasteiger partial charge in [-0.15, -0.1) is 11.3 Å². The minimum Gasteiger partial charge on any atom is -0.464 e. The summed E-state index contributed by atoms with van der Waals surface area (Å²) in [5, 5.41) is 4.27. The summed E-state index contributed by atoms with van der Waals surface area (Å²) in [5.41, 5.74) is -5.89. The fourth-order valence-corrected chi connectivity index (χ4v) is 4.57. The lowest BCUT2D eigenvalue weighted by molar-refractivity contribution is -0.155. The molecule has 2 atom stereocenters. The lowest BCUT2D eigenvalue weighted by Crippen LogP contribution is -2.32. The summed E-state index contributed by atoms with van der Waals surface area (Å²) in [4.78, 5) is 25.0. The number of alkyl halides is 3. The van der Waals surface area contributed by atoms with Crippen LogP contribution in [0.25, 0.3) is 0 Å². The van der Waals surface area contributed by atoms with Gasteiger partial charge in [0.2, 0.25) is 0 Å². The van der Waals surface area contributed by atoms with Crippen LogP contribution in [-0.4, -0.2) is 50.9 Å². The number of hydrogen-bond acceptors (Lipinski definition) is 9. The molecule has 218 valence electrons. The van der Waals surface area contributed by atoms with Gasteiger partial charge >= 0.3 is 27.7 Å². The second kappa shape index (κ2) is 13.5. The molecule has 1 aromatic carbocycles. The summed E-state index contributed by atoms with van der Waals surface area (Å²) in [6.45, 7) is 8.12. The van der Waals surface area contributed by atoms with E-state index in [0.717, 1.165) is 10.9 Å². The molecule has 1 N–H and O–H groups in total. The first-order chi connectivity index (χ1) is 18.0. The number of rotatable bonds is 12. The van der Waals surface area contributed by atoms with E-state index in [4.69, 9.17) is 14.2 Å². The zero-order valence-electron chi connectivity index (χ0n) is 22.2. The summed E-state index contributed by atoms with van der Waals surface area (Å²) in [5.74, 6) is -1.35. The van der Waals surface area contributed by atoms with Gasteiger partial charge in [-0.2, -0.15) is 21.6 Å². The summed E-state index contributed by atoms with van der Waals surface area (Å²) in [6.07, 6.45) is -1.35. The van der Waals surface area contributed by atoms with E-state index in [2.05, 4.69) is 9.50 Å². The van der Waals surface area contributed by atoms with E-state index in [0.29, 0.717) is 12.0 Å². The molecule has 0 bridgehead atoms. The third kappa shape index (κ3) is 10.3. The maximum absolute atomic E-state index is 13.0. The summed E-state index contributed by atoms with van der Waals surface area (Å²) in [6, 6.07) is 7.68. The molecule has 0 saturated heterocycles. The number of halogens is 3. The van der Waals surface area contributed by atoms with Crippen molar-refractivity contribution in [1.29, 1.82) is 0 Å². The number of hydrogen-bond donors (Lipinski definition) is 1. The van der Waals surface area contributed by atoms with Crippen molar-refractivity contribution in [1.82, 2.24) is 5.32 Å². The van der Waals surface area contributed by atoms with E-state index in [1.165, 1.54) is 23.5 Å². The predicted molar refractivity (Wildman–Crippen MR) is 138 cm³/mol. The van der Waals surface area contributed by atoms with Crippen molar-refractivity contribution < 1.29 is 49.6 Å². The molecule has 14 heteroatoms. The highest BCUT2D eigenvalue weighted by atomic mass is 32.2. The average Bonchev–Trinajstić information content (AvgIpc) is 3.34. The first-order valence-corrected chi connectivity index (χ1v) is 14.2. The van der Waals surface area contributed by atoms with Crippen molar-refractivity contribution in [3.05, 3.63) is 51.7 Å². The van der Waals surface area contributed by atoms with E-state index < -0.39 is 45.1 Å². The molecule has 0 spiro atoms. The van der Waals surface area contributed by atoms with Crippen LogP contribution in [0.2, 0.25) is 0 Å². The van der Waals surface area contributed by atoms with Crippen LogP contribution < -0.4 is 9.50 Å². The van der Waals surface area contributed by atoms with E-state index >= 15 is 0 Å². The number of esters is 1. The van der Waals surface area contributed by atoms with Gasteiger partial charge in [0.25, 0.3) is 0 Å². The van der Waals surface area contributed by atoms with E-state index in [1.54, 1.807) is 34.6 Å². The molecular weight excluding hydrogens is 563 g/mol. The number of amides is 1. The van der Waals surface area contributed by atoms with Crippen molar-refractivity contribution >= 4 is 33.5 Å². The molecule has 2 rings (SSSR count). The van der Waals surface area contributed by atoms with Crippen molar-refractivity contribution in [2.75, 3.05) is 13.2 Å². The van der Waals surface area contributed by atoms with Crippen molar-refractivity contribution in [2.24, 2.45) is 0 Å². The van der Waals surface area contributed by atoms with Gasteiger partial charge in [0.05, 0.1) is 13.2 Å². The third-order valence-corrected chi connectivity index (χ3v) is 7.02. The Morgan fingerprint density at radius 1 is 1.13 bits per heavy atom. The molecule has 1 amide bonds. The first-order valence-electron chi connectivity index (χ1n) is 11.9. The Morgan fingerprint density at radius 2 is 1.82 bits per heavy atom. The monoisotopic (exact) mass is 595 g/mol. The quantitative estimate of drug-likeness (QED) is 0.200. The molecule has 0 fully saturated rings. The van der Waals surface area contributed by atoms with Gasteiger partial charge in [-0.1, -0.05) is 18.2 Å². The average molecular weight is 596 g/mol. The maximum atomic E-state index is 13.0. The van der Waals surface area contributed by atoms with Crippen LogP contribution >= 0.6 is 11.3 Å². The fraction of sp³-hybridized carbons (Fsp3) is 0.520. The summed E-state index contributed by atoms with van der Waals surface area (Å²) >= 11 is 1.46. The van der Waals surface area contributed by atoms with E-state index in [1.807, 2.05) is 17.5 Å². The third-order valence-electron chi connectivity index (χ3n) is 5.02. The smallest absolute Gasteiger partial charge is 0.464 e.